The first-order valence-electron chi connectivity index (χ1n) is 5.92. The molecule has 0 unspecified atom stereocenters. The molecule has 0 aliphatic heterocycles. The number of Topliss-reactive ketones (excluding diaryl/α,β-unsaturated/α-hetero) is 1. The van der Waals surface area contributed by atoms with Gasteiger partial charge in [0.2, 0.25) is 5.78 Å². The highest BCUT2D eigenvalue weighted by Gasteiger charge is 2.95. The third kappa shape index (κ3) is 2.96. The van der Waals surface area contributed by atoms with Gasteiger partial charge in [0.05, 0.1) is 0 Å². The molecule has 0 N–H and O–H groups in total. The van der Waals surface area contributed by atoms with Gasteiger partial charge in [-0.25, -0.2) is 0 Å². The minimum Gasteiger partial charge on any atom is -0.293 e. The fourth-order valence-corrected chi connectivity index (χ4v) is 1.38. The number of carbonyl (C=O) groups excluding carboxylic acids is 1. The molecule has 0 heterocycles. The Bertz CT molecular complexity index is 612. The van der Waals surface area contributed by atoms with Gasteiger partial charge in [0.1, 0.15) is 0 Å². The van der Waals surface area contributed by atoms with Gasteiger partial charge < -0.3 is 0 Å². The van der Waals surface area contributed by atoms with Crippen LogP contribution in [-0.4, -0.2) is 53.4 Å². The van der Waals surface area contributed by atoms with Crippen LogP contribution in [0, 0.1) is 0 Å². The largest absolute Gasteiger partial charge is 0.460 e. The Morgan fingerprint density at radius 1 is 0.429 bits per heavy atom. The van der Waals surface area contributed by atoms with E-state index in [-0.39, 0.29) is 0 Å². The fourth-order valence-electron chi connectivity index (χ4n) is 1.38. The van der Waals surface area contributed by atoms with Crippen LogP contribution in [0.15, 0.2) is 0 Å². The summed E-state index contributed by atoms with van der Waals surface area (Å²) in [6.07, 6.45) is -7.79. The second-order valence-electron chi connectivity index (χ2n) is 5.07. The maximum Gasteiger partial charge on any atom is 0.460 e. The van der Waals surface area contributed by atoms with Crippen LogP contribution in [-0.2, 0) is 4.79 Å². The van der Waals surface area contributed by atoms with E-state index in [1.165, 1.54) is 0 Å². The quantitative estimate of drug-likeness (QED) is 0.452. The Morgan fingerprint density at radius 2 is 0.643 bits per heavy atom. The Labute approximate surface area is 141 Å². The summed E-state index contributed by atoms with van der Waals surface area (Å²) in [5.41, 5.74) is 0. The van der Waals surface area contributed by atoms with Crippen LogP contribution in [0.3, 0.4) is 0 Å². The molecule has 0 saturated heterocycles. The van der Waals surface area contributed by atoms with Gasteiger partial charge in [-0.05, 0) is 0 Å². The molecule has 0 saturated carbocycles. The van der Waals surface area contributed by atoms with E-state index in [0.717, 1.165) is 0 Å². The van der Waals surface area contributed by atoms with Gasteiger partial charge in [-0.1, -0.05) is 0 Å². The highest BCUT2D eigenvalue weighted by molar-refractivity contribution is 5.84. The van der Waals surface area contributed by atoms with Crippen molar-refractivity contribution < 1.29 is 79.4 Å². The summed E-state index contributed by atoms with van der Waals surface area (Å²) in [6.45, 7) is -0.660. The topological polar surface area (TPSA) is 17.1 Å². The standard InChI is InChI=1S/C10H3F17O/c1-2(28)3(11,12)4(13,14)5(15,16)6(17,18)7(19,20)8(21,22)9(23,24)10(25,26)27/h1H3. The van der Waals surface area contributed by atoms with E-state index in [1.54, 1.807) is 0 Å². The summed E-state index contributed by atoms with van der Waals surface area (Å²) in [6, 6.07) is 0. The molecular weight excluding hydrogens is 459 g/mol. The second-order valence-corrected chi connectivity index (χ2v) is 5.07. The Balaban J connectivity index is 6.76. The molecule has 168 valence electrons. The third-order valence-electron chi connectivity index (χ3n) is 3.16. The zero-order valence-corrected chi connectivity index (χ0v) is 12.3. The third-order valence-corrected chi connectivity index (χ3v) is 3.16. The van der Waals surface area contributed by atoms with Crippen molar-refractivity contribution in [2.24, 2.45) is 0 Å². The number of ketones is 1. The number of halogens is 17. The average Bonchev–Trinajstić information content (AvgIpc) is 2.44. The number of hydrogen-bond donors (Lipinski definition) is 0. The molecule has 18 heteroatoms. The van der Waals surface area contributed by atoms with Crippen LogP contribution in [0.25, 0.3) is 0 Å². The molecule has 28 heavy (non-hydrogen) atoms. The van der Waals surface area contributed by atoms with Crippen molar-refractivity contribution in [3.63, 3.8) is 0 Å². The number of rotatable bonds is 7. The molecule has 0 atom stereocenters. The van der Waals surface area contributed by atoms with E-state index in [0.29, 0.717) is 0 Å². The van der Waals surface area contributed by atoms with E-state index in [1.807, 2.05) is 0 Å². The first-order valence-corrected chi connectivity index (χ1v) is 5.92. The Hall–Kier alpha value is -1.52. The molecular formula is C10H3F17O. The first-order chi connectivity index (χ1) is 11.7. The summed E-state index contributed by atoms with van der Waals surface area (Å²) in [5.74, 6) is -60.8. The Kier molecular flexibility index (Phi) is 5.90. The Morgan fingerprint density at radius 3 is 0.857 bits per heavy atom. The molecule has 0 aromatic carbocycles. The molecule has 1 nitrogen and oxygen atoms in total. The number of carbonyl (C=O) groups is 1. The molecule has 0 bridgehead atoms. The zero-order valence-electron chi connectivity index (χ0n) is 12.3. The lowest BCUT2D eigenvalue weighted by molar-refractivity contribution is -0.459. The zero-order chi connectivity index (χ0) is 23.6. The van der Waals surface area contributed by atoms with Crippen molar-refractivity contribution in [2.45, 2.75) is 54.6 Å². The lowest BCUT2D eigenvalue weighted by Crippen LogP contribution is -2.74. The van der Waals surface area contributed by atoms with Gasteiger partial charge in [0, 0.05) is 6.92 Å². The van der Waals surface area contributed by atoms with Crippen LogP contribution in [0.4, 0.5) is 74.6 Å². The molecule has 0 aromatic rings. The van der Waals surface area contributed by atoms with Gasteiger partial charge in [-0.2, -0.15) is 74.6 Å². The van der Waals surface area contributed by atoms with Crippen LogP contribution in [0.5, 0.6) is 0 Å². The van der Waals surface area contributed by atoms with E-state index >= 15 is 0 Å². The van der Waals surface area contributed by atoms with E-state index in [9.17, 15) is 79.4 Å². The van der Waals surface area contributed by atoms with Gasteiger partial charge in [0.25, 0.3) is 0 Å². The highest BCUT2D eigenvalue weighted by atomic mass is 19.4. The van der Waals surface area contributed by atoms with Crippen LogP contribution >= 0.6 is 0 Å². The van der Waals surface area contributed by atoms with Crippen molar-refractivity contribution >= 4 is 5.78 Å². The number of alkyl halides is 17. The fraction of sp³-hybridized carbons (Fsp3) is 0.900. The van der Waals surface area contributed by atoms with Crippen molar-refractivity contribution in [1.29, 1.82) is 0 Å². The molecule has 0 fully saturated rings. The minimum atomic E-state index is -8.68. The van der Waals surface area contributed by atoms with Gasteiger partial charge in [0.15, 0.2) is 0 Å². The molecule has 0 amide bonds. The van der Waals surface area contributed by atoms with Gasteiger partial charge in [-0.15, -0.1) is 0 Å². The minimum absolute atomic E-state index is 0.660. The normalized spacial score (nSPS) is 16.4. The molecule has 0 spiro atoms. The monoisotopic (exact) mass is 462 g/mol. The smallest absolute Gasteiger partial charge is 0.293 e. The van der Waals surface area contributed by atoms with Gasteiger partial charge >= 0.3 is 47.6 Å². The number of hydrogen-bond acceptors (Lipinski definition) is 1. The van der Waals surface area contributed by atoms with E-state index in [2.05, 4.69) is 0 Å². The summed E-state index contributed by atoms with van der Waals surface area (Å²) in [5, 5.41) is 0. The molecule has 0 radical (unpaired) electrons. The summed E-state index contributed by atoms with van der Waals surface area (Å²) in [7, 11) is 0. The highest BCUT2D eigenvalue weighted by Crippen LogP contribution is 2.63. The van der Waals surface area contributed by atoms with Crippen LogP contribution in [0.1, 0.15) is 6.92 Å². The lowest BCUT2D eigenvalue weighted by Gasteiger charge is -2.42. The average molecular weight is 462 g/mol. The van der Waals surface area contributed by atoms with Crippen molar-refractivity contribution in [3.8, 4) is 0 Å². The van der Waals surface area contributed by atoms with Crippen molar-refractivity contribution in [2.75, 3.05) is 0 Å². The predicted molar refractivity (Wildman–Crippen MR) is 51.4 cm³/mol. The molecule has 0 rings (SSSR count). The maximum atomic E-state index is 13.1. The first kappa shape index (κ1) is 26.5. The summed E-state index contributed by atoms with van der Waals surface area (Å²) >= 11 is 0. The van der Waals surface area contributed by atoms with Crippen molar-refractivity contribution in [1.82, 2.24) is 0 Å². The summed E-state index contributed by atoms with van der Waals surface area (Å²) < 4.78 is 216. The molecule has 0 aliphatic rings. The van der Waals surface area contributed by atoms with Crippen LogP contribution in [0.2, 0.25) is 0 Å². The molecule has 0 aliphatic carbocycles. The SMILES string of the molecule is CC(=O)C(F)(F)C(F)(F)C(F)(F)C(F)(F)C(F)(F)C(F)(F)C(F)(F)C(F)(F)F. The predicted octanol–water partition coefficient (Wildman–Crippen LogP) is 5.58. The van der Waals surface area contributed by atoms with Crippen LogP contribution < -0.4 is 0 Å². The van der Waals surface area contributed by atoms with E-state index < -0.39 is 60.3 Å². The second kappa shape index (κ2) is 6.24. The van der Waals surface area contributed by atoms with Crippen molar-refractivity contribution in [3.05, 3.63) is 0 Å². The van der Waals surface area contributed by atoms with Gasteiger partial charge in [-0.3, -0.25) is 4.79 Å². The lowest BCUT2D eigenvalue weighted by atomic mass is 9.88. The maximum absolute atomic E-state index is 13.1. The summed E-state index contributed by atoms with van der Waals surface area (Å²) in [4.78, 5) is 10.2. The van der Waals surface area contributed by atoms with E-state index in [4.69, 9.17) is 0 Å². The molecule has 0 aromatic heterocycles.